The van der Waals surface area contributed by atoms with Crippen molar-refractivity contribution in [2.75, 3.05) is 13.7 Å². The van der Waals surface area contributed by atoms with Crippen LogP contribution in [0, 0.1) is 5.41 Å². The number of rotatable bonds is 9. The number of nitrogens with two attached hydrogens (primary N) is 1. The summed E-state index contributed by atoms with van der Waals surface area (Å²) in [5.41, 5.74) is 8.15. The van der Waals surface area contributed by atoms with E-state index in [-0.39, 0.29) is 12.5 Å². The molecule has 4 N–H and O–H groups in total. The first-order valence-corrected chi connectivity index (χ1v) is 9.86. The highest BCUT2D eigenvalue weighted by Gasteiger charge is 2.28. The number of carbonyl (C=O) groups is 1. The lowest BCUT2D eigenvalue weighted by Crippen LogP contribution is -2.50. The molecule has 1 aromatic carbocycles. The Balaban J connectivity index is 1.86. The van der Waals surface area contributed by atoms with Gasteiger partial charge in [0.25, 0.3) is 0 Å². The standard InChI is InChI=1S/C22H27N7O2/c1-22(2,24)21(30)26-18(14-31-13-17-7-5-4-6-16(17)11-25-3)20-28-27-19-9-8-15(10-23)12-29(19)20/h4-12,18,23H,13-14,24H2,1-3H3,(H,26,30)/t18-/m1/s1. The molecule has 1 amide bonds. The van der Waals surface area contributed by atoms with Crippen LogP contribution in [0.5, 0.6) is 0 Å². The third-order valence-corrected chi connectivity index (χ3v) is 4.69. The number of hydrogen-bond acceptors (Lipinski definition) is 7. The fourth-order valence-electron chi connectivity index (χ4n) is 2.99. The first-order chi connectivity index (χ1) is 14.8. The summed E-state index contributed by atoms with van der Waals surface area (Å²) in [6.07, 6.45) is 4.76. The number of nitrogens with zero attached hydrogens (tertiary/aromatic N) is 4. The molecule has 0 radical (unpaired) electrons. The SMILES string of the molecule is CN=Cc1ccccc1COC[C@@H](NC(=O)C(C)(C)N)c1nnc2ccc(C=N)cn12. The van der Waals surface area contributed by atoms with Crippen molar-refractivity contribution in [2.24, 2.45) is 10.7 Å². The van der Waals surface area contributed by atoms with E-state index in [1.165, 1.54) is 6.21 Å². The predicted molar refractivity (Wildman–Crippen MR) is 120 cm³/mol. The zero-order valence-electron chi connectivity index (χ0n) is 17.9. The number of amides is 1. The lowest BCUT2D eigenvalue weighted by Gasteiger charge is -2.23. The summed E-state index contributed by atoms with van der Waals surface area (Å²) in [6, 6.07) is 10.8. The van der Waals surface area contributed by atoms with Gasteiger partial charge in [0.05, 0.1) is 18.8 Å². The molecule has 0 saturated heterocycles. The maximum atomic E-state index is 12.6. The molecule has 0 fully saturated rings. The number of ether oxygens (including phenoxy) is 1. The lowest BCUT2D eigenvalue weighted by molar-refractivity contribution is -0.126. The average molecular weight is 422 g/mol. The van der Waals surface area contributed by atoms with Gasteiger partial charge < -0.3 is 21.2 Å². The Bertz CT molecular complexity index is 1100. The van der Waals surface area contributed by atoms with Gasteiger partial charge in [-0.05, 0) is 37.1 Å². The zero-order chi connectivity index (χ0) is 22.4. The van der Waals surface area contributed by atoms with Gasteiger partial charge >= 0.3 is 0 Å². The number of hydrogen-bond donors (Lipinski definition) is 3. The van der Waals surface area contributed by atoms with Crippen molar-refractivity contribution in [1.82, 2.24) is 19.9 Å². The van der Waals surface area contributed by atoms with Crippen LogP contribution in [-0.4, -0.2) is 52.1 Å². The molecule has 31 heavy (non-hydrogen) atoms. The van der Waals surface area contributed by atoms with Crippen LogP contribution < -0.4 is 11.1 Å². The molecule has 0 aliphatic carbocycles. The first-order valence-electron chi connectivity index (χ1n) is 9.86. The number of aromatic nitrogens is 3. The van der Waals surface area contributed by atoms with E-state index in [0.29, 0.717) is 23.6 Å². The van der Waals surface area contributed by atoms with Crippen LogP contribution in [0.3, 0.4) is 0 Å². The number of nitrogens with one attached hydrogen (secondary N) is 2. The lowest BCUT2D eigenvalue weighted by atomic mass is 10.1. The van der Waals surface area contributed by atoms with E-state index >= 15 is 0 Å². The molecule has 0 aliphatic heterocycles. The van der Waals surface area contributed by atoms with Crippen molar-refractivity contribution in [3.63, 3.8) is 0 Å². The summed E-state index contributed by atoms with van der Waals surface area (Å²) in [7, 11) is 1.72. The van der Waals surface area contributed by atoms with Gasteiger partial charge in [-0.25, -0.2) is 0 Å². The molecule has 1 atom stereocenters. The summed E-state index contributed by atoms with van der Waals surface area (Å²) < 4.78 is 7.71. The van der Waals surface area contributed by atoms with Crippen LogP contribution in [0.25, 0.3) is 5.65 Å². The second-order valence-electron chi connectivity index (χ2n) is 7.74. The summed E-state index contributed by atoms with van der Waals surface area (Å²) in [5.74, 6) is 0.166. The number of aliphatic imine (C=N–C) groups is 1. The Labute approximate surface area is 180 Å². The Hall–Kier alpha value is -3.43. The second-order valence-corrected chi connectivity index (χ2v) is 7.74. The van der Waals surface area contributed by atoms with Crippen LogP contribution in [0.15, 0.2) is 47.6 Å². The van der Waals surface area contributed by atoms with Gasteiger partial charge in [-0.1, -0.05) is 24.3 Å². The van der Waals surface area contributed by atoms with Crippen LogP contribution in [-0.2, 0) is 16.1 Å². The van der Waals surface area contributed by atoms with Crippen LogP contribution >= 0.6 is 0 Å². The van der Waals surface area contributed by atoms with Crippen molar-refractivity contribution in [3.05, 3.63) is 65.1 Å². The maximum absolute atomic E-state index is 12.6. The molecule has 3 rings (SSSR count). The largest absolute Gasteiger partial charge is 0.374 e. The van der Waals surface area contributed by atoms with E-state index in [1.807, 2.05) is 24.3 Å². The molecule has 0 unspecified atom stereocenters. The van der Waals surface area contributed by atoms with E-state index in [1.54, 1.807) is 49.8 Å². The van der Waals surface area contributed by atoms with Crippen LogP contribution in [0.4, 0.5) is 0 Å². The minimum atomic E-state index is -1.07. The van der Waals surface area contributed by atoms with Gasteiger partial charge in [0.2, 0.25) is 5.91 Å². The number of fused-ring (bicyclic) bond motifs is 1. The second kappa shape index (κ2) is 9.59. The predicted octanol–water partition coefficient (Wildman–Crippen LogP) is 1.89. The van der Waals surface area contributed by atoms with Crippen LogP contribution in [0.1, 0.15) is 42.4 Å². The molecule has 3 aromatic rings. The first kappa shape index (κ1) is 22.3. The van der Waals surface area contributed by atoms with Crippen LogP contribution in [0.2, 0.25) is 0 Å². The zero-order valence-corrected chi connectivity index (χ0v) is 17.9. The Morgan fingerprint density at radius 3 is 2.81 bits per heavy atom. The summed E-state index contributed by atoms with van der Waals surface area (Å²) >= 11 is 0. The van der Waals surface area contributed by atoms with Gasteiger partial charge in [0, 0.05) is 31.2 Å². The summed E-state index contributed by atoms with van der Waals surface area (Å²) in [5, 5.41) is 18.9. The van der Waals surface area contributed by atoms with E-state index in [4.69, 9.17) is 15.9 Å². The molecule has 162 valence electrons. The molecule has 9 nitrogen and oxygen atoms in total. The van der Waals surface area contributed by atoms with Crippen molar-refractivity contribution < 1.29 is 9.53 Å². The Kier molecular flexibility index (Phi) is 6.88. The summed E-state index contributed by atoms with van der Waals surface area (Å²) in [6.45, 7) is 3.77. The molecule has 0 bridgehead atoms. The number of benzene rings is 1. The molecular formula is C22H27N7O2. The molecule has 2 heterocycles. The van der Waals surface area contributed by atoms with Crippen molar-refractivity contribution in [2.45, 2.75) is 32.0 Å². The van der Waals surface area contributed by atoms with Crippen molar-refractivity contribution in [1.29, 1.82) is 5.41 Å². The third-order valence-electron chi connectivity index (χ3n) is 4.69. The van der Waals surface area contributed by atoms with E-state index < -0.39 is 11.6 Å². The number of pyridine rings is 1. The Morgan fingerprint density at radius 1 is 1.32 bits per heavy atom. The highest BCUT2D eigenvalue weighted by Crippen LogP contribution is 2.17. The van der Waals surface area contributed by atoms with Crippen molar-refractivity contribution in [3.8, 4) is 0 Å². The maximum Gasteiger partial charge on any atom is 0.240 e. The normalized spacial score (nSPS) is 12.9. The van der Waals surface area contributed by atoms with Gasteiger partial charge in [0.15, 0.2) is 11.5 Å². The molecule has 0 spiro atoms. The highest BCUT2D eigenvalue weighted by molar-refractivity contribution is 5.85. The fourth-order valence-corrected chi connectivity index (χ4v) is 2.99. The average Bonchev–Trinajstić information content (AvgIpc) is 3.16. The van der Waals surface area contributed by atoms with E-state index in [9.17, 15) is 4.79 Å². The fraction of sp³-hybridized carbons (Fsp3) is 0.318. The monoisotopic (exact) mass is 421 g/mol. The van der Waals surface area contributed by atoms with Gasteiger partial charge in [-0.3, -0.25) is 14.2 Å². The third kappa shape index (κ3) is 5.39. The summed E-state index contributed by atoms with van der Waals surface area (Å²) in [4.78, 5) is 16.7. The smallest absolute Gasteiger partial charge is 0.240 e. The van der Waals surface area contributed by atoms with Gasteiger partial charge in [-0.2, -0.15) is 0 Å². The minimum absolute atomic E-state index is 0.162. The molecule has 2 aromatic heterocycles. The minimum Gasteiger partial charge on any atom is -0.374 e. The van der Waals surface area contributed by atoms with Crippen molar-refractivity contribution >= 4 is 24.0 Å². The van der Waals surface area contributed by atoms with Gasteiger partial charge in [0.1, 0.15) is 6.04 Å². The quantitative estimate of drug-likeness (QED) is 0.454. The van der Waals surface area contributed by atoms with E-state index in [0.717, 1.165) is 11.1 Å². The molecular weight excluding hydrogens is 394 g/mol. The van der Waals surface area contributed by atoms with E-state index in [2.05, 4.69) is 20.5 Å². The molecule has 0 saturated carbocycles. The van der Waals surface area contributed by atoms with Gasteiger partial charge in [-0.15, -0.1) is 10.2 Å². The topological polar surface area (TPSA) is 131 Å². The Morgan fingerprint density at radius 2 is 2.10 bits per heavy atom. The molecule has 9 heteroatoms. The number of carbonyl (C=O) groups excluding carboxylic acids is 1. The molecule has 0 aliphatic rings. The highest BCUT2D eigenvalue weighted by atomic mass is 16.5.